The Kier molecular flexibility index (Phi) is 7.49. The molecule has 0 aliphatic heterocycles. The summed E-state index contributed by atoms with van der Waals surface area (Å²) in [5, 5.41) is 5.73. The number of nitrogens with one attached hydrogen (secondary N) is 2. The molecule has 0 spiro atoms. The second-order valence-corrected chi connectivity index (χ2v) is 7.81. The molecule has 6 nitrogen and oxygen atoms in total. The topological polar surface area (TPSA) is 76.7 Å². The van der Waals surface area contributed by atoms with Crippen molar-refractivity contribution in [1.29, 1.82) is 0 Å². The quantitative estimate of drug-likeness (QED) is 0.474. The van der Waals surface area contributed by atoms with E-state index in [4.69, 9.17) is 9.47 Å². The van der Waals surface area contributed by atoms with Gasteiger partial charge in [0.2, 0.25) is 0 Å². The standard InChI is InChI=1S/C26H28N2O4/c1-17(2)31-23-14-7-5-12-21(23)27-25(29)19-10-9-11-20(16-19)26(30)28-22-13-6-8-15-24(22)32-18(3)4/h5-18H,1-4H3,(H,27,29)(H,28,30). The molecule has 0 unspecified atom stereocenters. The first kappa shape index (κ1) is 22.9. The summed E-state index contributed by atoms with van der Waals surface area (Å²) in [5.41, 5.74) is 1.87. The summed E-state index contributed by atoms with van der Waals surface area (Å²) in [6, 6.07) is 21.0. The average molecular weight is 433 g/mol. The smallest absolute Gasteiger partial charge is 0.255 e. The highest BCUT2D eigenvalue weighted by Gasteiger charge is 2.15. The van der Waals surface area contributed by atoms with E-state index in [0.29, 0.717) is 34.0 Å². The van der Waals surface area contributed by atoms with Crippen LogP contribution in [-0.4, -0.2) is 24.0 Å². The third kappa shape index (κ3) is 6.11. The molecule has 0 aromatic heterocycles. The van der Waals surface area contributed by atoms with Crippen molar-refractivity contribution in [2.45, 2.75) is 39.9 Å². The molecule has 0 fully saturated rings. The predicted molar refractivity (Wildman–Crippen MR) is 127 cm³/mol. The predicted octanol–water partition coefficient (Wildman–Crippen LogP) is 5.77. The van der Waals surface area contributed by atoms with Crippen LogP contribution in [0.3, 0.4) is 0 Å². The van der Waals surface area contributed by atoms with Crippen LogP contribution in [-0.2, 0) is 0 Å². The second-order valence-electron chi connectivity index (χ2n) is 7.81. The maximum Gasteiger partial charge on any atom is 0.255 e. The summed E-state index contributed by atoms with van der Waals surface area (Å²) in [5.74, 6) is 0.518. The van der Waals surface area contributed by atoms with Gasteiger partial charge in [-0.3, -0.25) is 9.59 Å². The van der Waals surface area contributed by atoms with E-state index in [1.165, 1.54) is 0 Å². The van der Waals surface area contributed by atoms with Crippen molar-refractivity contribution in [1.82, 2.24) is 0 Å². The Hall–Kier alpha value is -3.80. The summed E-state index contributed by atoms with van der Waals surface area (Å²) >= 11 is 0. The molecule has 2 amide bonds. The van der Waals surface area contributed by atoms with Gasteiger partial charge in [-0.05, 0) is 70.2 Å². The molecule has 0 radical (unpaired) electrons. The molecule has 0 saturated carbocycles. The summed E-state index contributed by atoms with van der Waals surface area (Å²) in [4.78, 5) is 25.7. The molecule has 0 saturated heterocycles. The van der Waals surface area contributed by atoms with Crippen LogP contribution in [0.2, 0.25) is 0 Å². The molecular formula is C26H28N2O4. The molecule has 0 aliphatic carbocycles. The zero-order valence-corrected chi connectivity index (χ0v) is 18.7. The lowest BCUT2D eigenvalue weighted by Crippen LogP contribution is -2.17. The molecule has 0 atom stereocenters. The van der Waals surface area contributed by atoms with Crippen molar-refractivity contribution >= 4 is 23.2 Å². The molecule has 3 aromatic rings. The lowest BCUT2D eigenvalue weighted by atomic mass is 10.1. The maximum absolute atomic E-state index is 12.8. The minimum Gasteiger partial charge on any atom is -0.489 e. The third-order valence-electron chi connectivity index (χ3n) is 4.38. The Morgan fingerprint density at radius 3 is 1.44 bits per heavy atom. The van der Waals surface area contributed by atoms with Crippen molar-refractivity contribution in [3.63, 3.8) is 0 Å². The van der Waals surface area contributed by atoms with Gasteiger partial charge in [-0.1, -0.05) is 30.3 Å². The molecule has 3 rings (SSSR count). The summed E-state index contributed by atoms with van der Waals surface area (Å²) in [6.07, 6.45) is -0.0507. The van der Waals surface area contributed by atoms with Crippen LogP contribution in [0.15, 0.2) is 72.8 Å². The van der Waals surface area contributed by atoms with Crippen LogP contribution in [0, 0.1) is 0 Å². The Morgan fingerprint density at radius 2 is 1.03 bits per heavy atom. The van der Waals surface area contributed by atoms with Crippen molar-refractivity contribution in [2.24, 2.45) is 0 Å². The monoisotopic (exact) mass is 432 g/mol. The van der Waals surface area contributed by atoms with E-state index >= 15 is 0 Å². The van der Waals surface area contributed by atoms with E-state index in [2.05, 4.69) is 10.6 Å². The average Bonchev–Trinajstić information content (AvgIpc) is 2.76. The first-order valence-electron chi connectivity index (χ1n) is 10.6. The van der Waals surface area contributed by atoms with Gasteiger partial charge in [-0.2, -0.15) is 0 Å². The van der Waals surface area contributed by atoms with Crippen LogP contribution in [0.5, 0.6) is 11.5 Å². The number of carbonyl (C=O) groups is 2. The Labute approximate surface area is 188 Å². The summed E-state index contributed by atoms with van der Waals surface area (Å²) in [7, 11) is 0. The van der Waals surface area contributed by atoms with Gasteiger partial charge in [0.1, 0.15) is 11.5 Å². The number of ether oxygens (including phenoxy) is 2. The molecule has 0 heterocycles. The van der Waals surface area contributed by atoms with E-state index in [9.17, 15) is 9.59 Å². The summed E-state index contributed by atoms with van der Waals surface area (Å²) < 4.78 is 11.5. The molecular weight excluding hydrogens is 404 g/mol. The zero-order chi connectivity index (χ0) is 23.1. The van der Waals surface area contributed by atoms with Gasteiger partial charge in [-0.25, -0.2) is 0 Å². The highest BCUT2D eigenvalue weighted by atomic mass is 16.5. The minimum absolute atomic E-state index is 0.0253. The van der Waals surface area contributed by atoms with Gasteiger partial charge < -0.3 is 20.1 Å². The maximum atomic E-state index is 12.8. The van der Waals surface area contributed by atoms with Crippen LogP contribution < -0.4 is 20.1 Å². The van der Waals surface area contributed by atoms with E-state index in [1.807, 2.05) is 52.0 Å². The normalized spacial score (nSPS) is 10.7. The van der Waals surface area contributed by atoms with E-state index in [0.717, 1.165) is 0 Å². The Morgan fingerprint density at radius 1 is 0.625 bits per heavy atom. The van der Waals surface area contributed by atoms with Crippen LogP contribution in [0.1, 0.15) is 48.4 Å². The van der Waals surface area contributed by atoms with Gasteiger partial charge in [0.15, 0.2) is 0 Å². The van der Waals surface area contributed by atoms with Gasteiger partial charge in [0.05, 0.1) is 23.6 Å². The third-order valence-corrected chi connectivity index (χ3v) is 4.38. The van der Waals surface area contributed by atoms with Gasteiger partial charge in [0.25, 0.3) is 11.8 Å². The number of hydrogen-bond acceptors (Lipinski definition) is 4. The molecule has 2 N–H and O–H groups in total. The van der Waals surface area contributed by atoms with Crippen molar-refractivity contribution in [3.05, 3.63) is 83.9 Å². The lowest BCUT2D eigenvalue weighted by Gasteiger charge is -2.15. The number of amides is 2. The van der Waals surface area contributed by atoms with Crippen LogP contribution >= 0.6 is 0 Å². The van der Waals surface area contributed by atoms with Crippen LogP contribution in [0.4, 0.5) is 11.4 Å². The van der Waals surface area contributed by atoms with Crippen molar-refractivity contribution in [2.75, 3.05) is 10.6 Å². The van der Waals surface area contributed by atoms with Crippen molar-refractivity contribution in [3.8, 4) is 11.5 Å². The van der Waals surface area contributed by atoms with Gasteiger partial charge >= 0.3 is 0 Å². The second kappa shape index (κ2) is 10.5. The first-order chi connectivity index (χ1) is 15.3. The van der Waals surface area contributed by atoms with Gasteiger partial charge in [0, 0.05) is 11.1 Å². The number of benzene rings is 3. The zero-order valence-electron chi connectivity index (χ0n) is 18.7. The Balaban J connectivity index is 1.76. The Bertz CT molecular complexity index is 1010. The fraction of sp³-hybridized carbons (Fsp3) is 0.231. The fourth-order valence-electron chi connectivity index (χ4n) is 3.04. The SMILES string of the molecule is CC(C)Oc1ccccc1NC(=O)c1cccc(C(=O)Nc2ccccc2OC(C)C)c1. The molecule has 3 aromatic carbocycles. The number of carbonyl (C=O) groups excluding carboxylic acids is 2. The molecule has 0 aliphatic rings. The summed E-state index contributed by atoms with van der Waals surface area (Å²) in [6.45, 7) is 7.69. The lowest BCUT2D eigenvalue weighted by molar-refractivity contribution is 0.102. The highest BCUT2D eigenvalue weighted by Crippen LogP contribution is 2.27. The number of para-hydroxylation sites is 4. The molecule has 0 bridgehead atoms. The fourth-order valence-corrected chi connectivity index (χ4v) is 3.04. The molecule has 6 heteroatoms. The van der Waals surface area contributed by atoms with Crippen LogP contribution in [0.25, 0.3) is 0 Å². The largest absolute Gasteiger partial charge is 0.489 e. The minimum atomic E-state index is -0.331. The van der Waals surface area contributed by atoms with E-state index in [1.54, 1.807) is 48.5 Å². The molecule has 166 valence electrons. The first-order valence-corrected chi connectivity index (χ1v) is 10.6. The van der Waals surface area contributed by atoms with E-state index in [-0.39, 0.29) is 24.0 Å². The number of anilines is 2. The van der Waals surface area contributed by atoms with Gasteiger partial charge in [-0.15, -0.1) is 0 Å². The van der Waals surface area contributed by atoms with Crippen molar-refractivity contribution < 1.29 is 19.1 Å². The molecule has 32 heavy (non-hydrogen) atoms. The highest BCUT2D eigenvalue weighted by molar-refractivity contribution is 6.09. The number of rotatable bonds is 8. The van der Waals surface area contributed by atoms with E-state index < -0.39 is 0 Å². The number of hydrogen-bond donors (Lipinski definition) is 2.